The zero-order valence-electron chi connectivity index (χ0n) is 14.4. The number of hydrogen-bond donors (Lipinski definition) is 0. The molecule has 26 heavy (non-hydrogen) atoms. The van der Waals surface area contributed by atoms with Crippen LogP contribution in [0.2, 0.25) is 0 Å². The Morgan fingerprint density at radius 1 is 1.00 bits per heavy atom. The maximum Gasteiger partial charge on any atom is 0.330 e. The van der Waals surface area contributed by atoms with E-state index in [1.165, 1.54) is 6.08 Å². The van der Waals surface area contributed by atoms with Gasteiger partial charge < -0.3 is 14.2 Å². The van der Waals surface area contributed by atoms with Crippen LogP contribution in [0.3, 0.4) is 0 Å². The van der Waals surface area contributed by atoms with Gasteiger partial charge >= 0.3 is 5.97 Å². The van der Waals surface area contributed by atoms with E-state index in [0.29, 0.717) is 5.75 Å². The molecule has 1 heterocycles. The third kappa shape index (κ3) is 4.60. The van der Waals surface area contributed by atoms with E-state index in [9.17, 15) is 4.79 Å². The molecule has 0 aliphatic heterocycles. The molecule has 5 nitrogen and oxygen atoms in total. The lowest BCUT2D eigenvalue weighted by Crippen LogP contribution is -2.10. The lowest BCUT2D eigenvalue weighted by Gasteiger charge is -2.07. The predicted molar refractivity (Wildman–Crippen MR) is 100 cm³/mol. The lowest BCUT2D eigenvalue weighted by atomic mass is 10.1. The molecule has 0 amide bonds. The van der Waals surface area contributed by atoms with Crippen LogP contribution in [-0.2, 0) is 9.53 Å². The highest BCUT2D eigenvalue weighted by Gasteiger charge is 2.01. The summed E-state index contributed by atoms with van der Waals surface area (Å²) < 4.78 is 15.7. The second-order valence-electron chi connectivity index (χ2n) is 5.45. The van der Waals surface area contributed by atoms with Crippen LogP contribution in [0.25, 0.3) is 17.0 Å². The molecule has 0 bridgehead atoms. The second kappa shape index (κ2) is 8.67. The van der Waals surface area contributed by atoms with E-state index in [-0.39, 0.29) is 13.2 Å². The SMILES string of the molecule is COc1ccc(OCCOC(=O)/C=C/c2cccc3cccnc23)cc1. The number of carbonyl (C=O) groups is 1. The molecule has 3 aromatic rings. The van der Waals surface area contributed by atoms with Gasteiger partial charge in [-0.2, -0.15) is 0 Å². The Balaban J connectivity index is 1.48. The first-order valence-corrected chi connectivity index (χ1v) is 8.22. The molecule has 0 saturated heterocycles. The largest absolute Gasteiger partial charge is 0.497 e. The van der Waals surface area contributed by atoms with Gasteiger partial charge in [-0.25, -0.2) is 4.79 Å². The minimum atomic E-state index is -0.420. The summed E-state index contributed by atoms with van der Waals surface area (Å²) in [6.45, 7) is 0.449. The van der Waals surface area contributed by atoms with E-state index < -0.39 is 5.97 Å². The molecule has 1 aromatic heterocycles. The van der Waals surface area contributed by atoms with Gasteiger partial charge in [-0.05, 0) is 36.4 Å². The van der Waals surface area contributed by atoms with Gasteiger partial charge in [0.15, 0.2) is 0 Å². The standard InChI is InChI=1S/C21H19NO4/c1-24-18-8-10-19(11-9-18)25-14-15-26-20(23)12-7-17-5-2-4-16-6-3-13-22-21(16)17/h2-13H,14-15H2,1H3/b12-7+. The van der Waals surface area contributed by atoms with Crippen LogP contribution < -0.4 is 9.47 Å². The predicted octanol–water partition coefficient (Wildman–Crippen LogP) is 3.88. The summed E-state index contributed by atoms with van der Waals surface area (Å²) in [5.41, 5.74) is 1.72. The minimum absolute atomic E-state index is 0.170. The van der Waals surface area contributed by atoms with Crippen LogP contribution in [0.15, 0.2) is 66.9 Å². The van der Waals surface area contributed by atoms with Crippen LogP contribution in [0.4, 0.5) is 0 Å². The number of methoxy groups -OCH3 is 1. The summed E-state index contributed by atoms with van der Waals surface area (Å²) in [4.78, 5) is 16.2. The van der Waals surface area contributed by atoms with Gasteiger partial charge in [0.1, 0.15) is 24.7 Å². The number of ether oxygens (including phenoxy) is 3. The third-order valence-corrected chi connectivity index (χ3v) is 3.72. The number of fused-ring (bicyclic) bond motifs is 1. The van der Waals surface area contributed by atoms with Gasteiger partial charge in [0.05, 0.1) is 12.6 Å². The maximum atomic E-state index is 11.8. The van der Waals surface area contributed by atoms with Crippen LogP contribution in [-0.4, -0.2) is 31.3 Å². The molecular formula is C21H19NO4. The van der Waals surface area contributed by atoms with Crippen molar-refractivity contribution < 1.29 is 19.0 Å². The molecule has 0 unspecified atom stereocenters. The number of pyridine rings is 1. The molecule has 3 rings (SSSR count). The van der Waals surface area contributed by atoms with Crippen LogP contribution >= 0.6 is 0 Å². The van der Waals surface area contributed by atoms with Gasteiger partial charge in [0.25, 0.3) is 0 Å². The molecule has 0 N–H and O–H groups in total. The van der Waals surface area contributed by atoms with Crippen molar-refractivity contribution >= 4 is 22.9 Å². The Hall–Kier alpha value is -3.34. The van der Waals surface area contributed by atoms with Gasteiger partial charge in [0, 0.05) is 23.2 Å². The van der Waals surface area contributed by atoms with Crippen molar-refractivity contribution in [1.29, 1.82) is 0 Å². The van der Waals surface area contributed by atoms with Crippen molar-refractivity contribution in [3.63, 3.8) is 0 Å². The van der Waals surface area contributed by atoms with Gasteiger partial charge in [-0.15, -0.1) is 0 Å². The van der Waals surface area contributed by atoms with E-state index in [2.05, 4.69) is 4.98 Å². The lowest BCUT2D eigenvalue weighted by molar-refractivity contribution is -0.138. The van der Waals surface area contributed by atoms with Crippen LogP contribution in [0.5, 0.6) is 11.5 Å². The van der Waals surface area contributed by atoms with Crippen molar-refractivity contribution in [3.8, 4) is 11.5 Å². The van der Waals surface area contributed by atoms with E-state index in [1.54, 1.807) is 31.5 Å². The highest BCUT2D eigenvalue weighted by molar-refractivity contribution is 5.92. The fourth-order valence-electron chi connectivity index (χ4n) is 2.44. The van der Waals surface area contributed by atoms with Crippen molar-refractivity contribution in [1.82, 2.24) is 4.98 Å². The van der Waals surface area contributed by atoms with Gasteiger partial charge in [-0.1, -0.05) is 24.3 Å². The minimum Gasteiger partial charge on any atom is -0.497 e. The zero-order chi connectivity index (χ0) is 18.2. The monoisotopic (exact) mass is 349 g/mol. The molecule has 0 radical (unpaired) electrons. The van der Waals surface area contributed by atoms with Crippen molar-refractivity contribution in [2.24, 2.45) is 0 Å². The molecule has 132 valence electrons. The highest BCUT2D eigenvalue weighted by Crippen LogP contribution is 2.18. The number of para-hydroxylation sites is 1. The number of nitrogens with zero attached hydrogens (tertiary/aromatic N) is 1. The quantitative estimate of drug-likeness (QED) is 0.368. The summed E-state index contributed by atoms with van der Waals surface area (Å²) in [6, 6.07) is 16.9. The van der Waals surface area contributed by atoms with E-state index in [4.69, 9.17) is 14.2 Å². The number of benzene rings is 2. The summed E-state index contributed by atoms with van der Waals surface area (Å²) in [6.07, 6.45) is 4.84. The summed E-state index contributed by atoms with van der Waals surface area (Å²) in [7, 11) is 1.61. The fraction of sp³-hybridized carbons (Fsp3) is 0.143. The van der Waals surface area contributed by atoms with Crippen LogP contribution in [0, 0.1) is 0 Å². The van der Waals surface area contributed by atoms with Crippen molar-refractivity contribution in [2.75, 3.05) is 20.3 Å². The van der Waals surface area contributed by atoms with Crippen molar-refractivity contribution in [2.45, 2.75) is 0 Å². The van der Waals surface area contributed by atoms with Gasteiger partial charge in [-0.3, -0.25) is 4.98 Å². The molecule has 0 aliphatic carbocycles. The Kier molecular flexibility index (Phi) is 5.83. The first kappa shape index (κ1) is 17.5. The molecule has 0 spiro atoms. The van der Waals surface area contributed by atoms with Gasteiger partial charge in [0.2, 0.25) is 0 Å². The third-order valence-electron chi connectivity index (χ3n) is 3.72. The normalized spacial score (nSPS) is 10.8. The maximum absolute atomic E-state index is 11.8. The van der Waals surface area contributed by atoms with E-state index in [1.807, 2.05) is 42.5 Å². The summed E-state index contributed by atoms with van der Waals surface area (Å²) in [5, 5.41) is 1.02. The molecule has 0 fully saturated rings. The Bertz CT molecular complexity index is 898. The summed E-state index contributed by atoms with van der Waals surface area (Å²) in [5.74, 6) is 1.03. The highest BCUT2D eigenvalue weighted by atomic mass is 16.6. The first-order chi connectivity index (χ1) is 12.8. The van der Waals surface area contributed by atoms with E-state index >= 15 is 0 Å². The average molecular weight is 349 g/mol. The molecule has 2 aromatic carbocycles. The number of esters is 1. The topological polar surface area (TPSA) is 57.7 Å². The smallest absolute Gasteiger partial charge is 0.330 e. The first-order valence-electron chi connectivity index (χ1n) is 8.22. The van der Waals surface area contributed by atoms with Crippen LogP contribution in [0.1, 0.15) is 5.56 Å². The zero-order valence-corrected chi connectivity index (χ0v) is 14.4. The molecule has 0 aliphatic rings. The van der Waals surface area contributed by atoms with Crippen molar-refractivity contribution in [3.05, 3.63) is 72.4 Å². The Labute approximate surface area is 151 Å². The number of rotatable bonds is 7. The second-order valence-corrected chi connectivity index (χ2v) is 5.45. The Morgan fingerprint density at radius 3 is 2.58 bits per heavy atom. The number of aromatic nitrogens is 1. The summed E-state index contributed by atoms with van der Waals surface area (Å²) >= 11 is 0. The molecular weight excluding hydrogens is 330 g/mol. The molecule has 5 heteroatoms. The molecule has 0 saturated carbocycles. The fourth-order valence-corrected chi connectivity index (χ4v) is 2.44. The van der Waals surface area contributed by atoms with E-state index in [0.717, 1.165) is 22.2 Å². The average Bonchev–Trinajstić information content (AvgIpc) is 2.70. The number of hydrogen-bond acceptors (Lipinski definition) is 5. The molecule has 0 atom stereocenters. The Morgan fingerprint density at radius 2 is 1.77 bits per heavy atom. The number of carbonyl (C=O) groups excluding carboxylic acids is 1.